The highest BCUT2D eigenvalue weighted by molar-refractivity contribution is 5.85. The number of amides is 1. The van der Waals surface area contributed by atoms with Crippen molar-refractivity contribution in [3.05, 3.63) is 72.1 Å². The number of carbonyl (C=O) groups is 1. The highest BCUT2D eigenvalue weighted by atomic mass is 35.5. The highest BCUT2D eigenvalue weighted by Crippen LogP contribution is 2.12. The zero-order valence-corrected chi connectivity index (χ0v) is 16.8. The zero-order valence-electron chi connectivity index (χ0n) is 15.2. The lowest BCUT2D eigenvalue weighted by Gasteiger charge is -2.14. The molecule has 2 N–H and O–H groups in total. The number of rotatable bonds is 7. The molecule has 0 spiro atoms. The third kappa shape index (κ3) is 6.09. The van der Waals surface area contributed by atoms with Crippen molar-refractivity contribution in [2.24, 2.45) is 7.05 Å². The monoisotopic (exact) mass is 410 g/mol. The Morgan fingerprint density at radius 1 is 1.19 bits per heavy atom. The van der Waals surface area contributed by atoms with Gasteiger partial charge in [-0.25, -0.2) is 4.98 Å². The van der Waals surface area contributed by atoms with Crippen LogP contribution in [0.1, 0.15) is 22.7 Å². The van der Waals surface area contributed by atoms with Gasteiger partial charge in [0.25, 0.3) is 0 Å². The number of halogens is 2. The van der Waals surface area contributed by atoms with Crippen molar-refractivity contribution in [1.29, 1.82) is 0 Å². The highest BCUT2D eigenvalue weighted by Gasteiger charge is 2.19. The molecular weight excluding hydrogens is 387 g/mol. The molecule has 0 saturated carbocycles. The molecule has 3 aromatic rings. The van der Waals surface area contributed by atoms with Gasteiger partial charge < -0.3 is 15.2 Å². The first-order chi connectivity index (χ1) is 12.2. The molecule has 2 heterocycles. The van der Waals surface area contributed by atoms with Gasteiger partial charge in [-0.3, -0.25) is 9.48 Å². The minimum atomic E-state index is -0.408. The molecule has 1 unspecified atom stereocenters. The van der Waals surface area contributed by atoms with Crippen molar-refractivity contribution in [3.63, 3.8) is 0 Å². The lowest BCUT2D eigenvalue weighted by Crippen LogP contribution is -2.35. The van der Waals surface area contributed by atoms with Crippen LogP contribution < -0.4 is 10.6 Å². The number of carbonyl (C=O) groups excluding carboxylic acids is 1. The Morgan fingerprint density at radius 2 is 1.89 bits per heavy atom. The Kier molecular flexibility index (Phi) is 9.00. The van der Waals surface area contributed by atoms with Gasteiger partial charge in [0.1, 0.15) is 6.04 Å². The summed E-state index contributed by atoms with van der Waals surface area (Å²) in [6, 6.07) is 7.79. The predicted octanol–water partition coefficient (Wildman–Crippen LogP) is 2.09. The summed E-state index contributed by atoms with van der Waals surface area (Å²) in [5.74, 6) is -0.0713. The van der Waals surface area contributed by atoms with Gasteiger partial charge in [0.15, 0.2) is 0 Å². The molecule has 0 bridgehead atoms. The summed E-state index contributed by atoms with van der Waals surface area (Å²) in [6.45, 7) is 1.28. The Balaban J connectivity index is 0.00000182. The fourth-order valence-electron chi connectivity index (χ4n) is 2.68. The molecule has 1 atom stereocenters. The third-order valence-electron chi connectivity index (χ3n) is 4.02. The van der Waals surface area contributed by atoms with E-state index in [0.717, 1.165) is 17.7 Å². The minimum absolute atomic E-state index is 0. The van der Waals surface area contributed by atoms with Crippen molar-refractivity contribution in [3.8, 4) is 0 Å². The Hall–Kier alpha value is -2.35. The van der Waals surface area contributed by atoms with E-state index in [1.807, 2.05) is 36.1 Å². The van der Waals surface area contributed by atoms with Crippen LogP contribution in [0, 0.1) is 0 Å². The molecule has 146 valence electrons. The first-order valence-electron chi connectivity index (χ1n) is 8.13. The molecule has 27 heavy (non-hydrogen) atoms. The molecule has 0 fully saturated rings. The van der Waals surface area contributed by atoms with Gasteiger partial charge in [0, 0.05) is 44.3 Å². The number of benzene rings is 1. The van der Waals surface area contributed by atoms with E-state index in [1.54, 1.807) is 30.5 Å². The van der Waals surface area contributed by atoms with Gasteiger partial charge in [0.2, 0.25) is 5.91 Å². The average molecular weight is 411 g/mol. The normalized spacial score (nSPS) is 11.2. The number of aromatic nitrogens is 4. The molecule has 0 aliphatic rings. The van der Waals surface area contributed by atoms with E-state index >= 15 is 0 Å². The molecule has 7 nitrogen and oxygen atoms in total. The van der Waals surface area contributed by atoms with E-state index in [-0.39, 0.29) is 30.7 Å². The van der Waals surface area contributed by atoms with Gasteiger partial charge >= 0.3 is 0 Å². The number of likely N-dealkylation sites (N-methyl/N-ethyl adjacent to an activating group) is 1. The Bertz CT molecular complexity index is 817. The second kappa shape index (κ2) is 10.7. The van der Waals surface area contributed by atoms with E-state index in [1.165, 1.54) is 5.56 Å². The van der Waals surface area contributed by atoms with Crippen LogP contribution in [0.3, 0.4) is 0 Å². The lowest BCUT2D eigenvalue weighted by molar-refractivity contribution is -0.123. The molecule has 3 rings (SSSR count). The molecule has 1 amide bonds. The van der Waals surface area contributed by atoms with Gasteiger partial charge in [0.05, 0.1) is 12.5 Å². The summed E-state index contributed by atoms with van der Waals surface area (Å²) in [6.07, 6.45) is 9.04. The van der Waals surface area contributed by atoms with E-state index in [9.17, 15) is 4.79 Å². The van der Waals surface area contributed by atoms with Gasteiger partial charge in [-0.05, 0) is 18.2 Å². The zero-order chi connectivity index (χ0) is 17.6. The second-order valence-electron chi connectivity index (χ2n) is 5.94. The molecule has 0 aliphatic carbocycles. The molecule has 0 aliphatic heterocycles. The summed E-state index contributed by atoms with van der Waals surface area (Å²) in [5.41, 5.74) is 3.10. The minimum Gasteiger partial charge on any atom is -0.350 e. The van der Waals surface area contributed by atoms with Crippen molar-refractivity contribution >= 4 is 30.7 Å². The van der Waals surface area contributed by atoms with E-state index in [2.05, 4.69) is 32.8 Å². The van der Waals surface area contributed by atoms with Crippen LogP contribution in [-0.2, 0) is 24.9 Å². The molecule has 2 aromatic heterocycles. The number of hydrogen-bond acceptors (Lipinski definition) is 4. The predicted molar refractivity (Wildman–Crippen MR) is 109 cm³/mol. The molecule has 0 radical (unpaired) electrons. The third-order valence-corrected chi connectivity index (χ3v) is 4.02. The second-order valence-corrected chi connectivity index (χ2v) is 5.94. The fraction of sp³-hybridized carbons (Fsp3) is 0.278. The maximum atomic E-state index is 12.4. The van der Waals surface area contributed by atoms with Crippen LogP contribution in [0.15, 0.2) is 55.4 Å². The van der Waals surface area contributed by atoms with Crippen molar-refractivity contribution in [1.82, 2.24) is 30.0 Å². The SMILES string of the molecule is CNC(C(=O)NCc1ccc(Cn2ccnc2)cc1)c1cnn(C)c1.Cl.Cl. The lowest BCUT2D eigenvalue weighted by atomic mass is 10.1. The van der Waals surface area contributed by atoms with Crippen molar-refractivity contribution in [2.45, 2.75) is 19.1 Å². The smallest absolute Gasteiger partial charge is 0.242 e. The maximum Gasteiger partial charge on any atom is 0.242 e. The molecule has 1 aromatic carbocycles. The quantitative estimate of drug-likeness (QED) is 0.624. The fourth-order valence-corrected chi connectivity index (χ4v) is 2.68. The van der Waals surface area contributed by atoms with E-state index in [0.29, 0.717) is 6.54 Å². The Labute approximate surface area is 171 Å². The summed E-state index contributed by atoms with van der Waals surface area (Å²) in [5, 5.41) is 10.1. The van der Waals surface area contributed by atoms with Gasteiger partial charge in [-0.2, -0.15) is 5.10 Å². The number of nitrogens with one attached hydrogen (secondary N) is 2. The molecule has 0 saturated heterocycles. The van der Waals surface area contributed by atoms with Crippen molar-refractivity contribution in [2.75, 3.05) is 7.05 Å². The topological polar surface area (TPSA) is 76.8 Å². The summed E-state index contributed by atoms with van der Waals surface area (Å²) >= 11 is 0. The number of imidazole rings is 1. The van der Waals surface area contributed by atoms with E-state index < -0.39 is 6.04 Å². The average Bonchev–Trinajstić information content (AvgIpc) is 3.27. The largest absolute Gasteiger partial charge is 0.350 e. The van der Waals surface area contributed by atoms with Crippen LogP contribution in [0.25, 0.3) is 0 Å². The van der Waals surface area contributed by atoms with Crippen LogP contribution in [0.4, 0.5) is 0 Å². The summed E-state index contributed by atoms with van der Waals surface area (Å²) in [7, 11) is 3.60. The first-order valence-corrected chi connectivity index (χ1v) is 8.13. The number of nitrogens with zero attached hydrogens (tertiary/aromatic N) is 4. The van der Waals surface area contributed by atoms with Gasteiger partial charge in [-0.15, -0.1) is 24.8 Å². The summed E-state index contributed by atoms with van der Waals surface area (Å²) in [4.78, 5) is 16.5. The maximum absolute atomic E-state index is 12.4. The van der Waals surface area contributed by atoms with E-state index in [4.69, 9.17) is 0 Å². The molecular formula is C18H24Cl2N6O. The van der Waals surface area contributed by atoms with Crippen LogP contribution in [0.2, 0.25) is 0 Å². The van der Waals surface area contributed by atoms with Crippen LogP contribution in [-0.4, -0.2) is 32.3 Å². The van der Waals surface area contributed by atoms with Crippen LogP contribution in [0.5, 0.6) is 0 Å². The summed E-state index contributed by atoms with van der Waals surface area (Å²) < 4.78 is 3.70. The standard InChI is InChI=1S/C18H22N6O.2ClH/c1-19-17(16-10-22-23(2)12-16)18(25)21-9-14-3-5-15(6-4-14)11-24-8-7-20-13-24;;/h3-8,10,12-13,17,19H,9,11H2,1-2H3,(H,21,25);2*1H. The van der Waals surface area contributed by atoms with Crippen LogP contribution >= 0.6 is 24.8 Å². The number of aryl methyl sites for hydroxylation is 1. The van der Waals surface area contributed by atoms with Gasteiger partial charge in [-0.1, -0.05) is 24.3 Å². The van der Waals surface area contributed by atoms with Crippen molar-refractivity contribution < 1.29 is 4.79 Å². The Morgan fingerprint density at radius 3 is 2.44 bits per heavy atom. The first kappa shape index (κ1) is 22.7. The number of hydrogen-bond donors (Lipinski definition) is 2. The molecule has 9 heteroatoms.